The Balaban J connectivity index is 1.27. The summed E-state index contributed by atoms with van der Waals surface area (Å²) in [6.07, 6.45) is 11.3. The first-order valence-electron chi connectivity index (χ1n) is 14.2. The van der Waals surface area contributed by atoms with E-state index in [1.165, 1.54) is 55.2 Å². The number of aryl methyl sites for hydroxylation is 4. The minimum atomic E-state index is -0.884. The van der Waals surface area contributed by atoms with Crippen LogP contribution in [-0.2, 0) is 25.7 Å². The van der Waals surface area contributed by atoms with Crippen LogP contribution in [0.2, 0.25) is 0 Å². The highest BCUT2D eigenvalue weighted by molar-refractivity contribution is 5.38. The zero-order valence-electron chi connectivity index (χ0n) is 22.8. The molecular weight excluding hydrogens is 462 g/mol. The summed E-state index contributed by atoms with van der Waals surface area (Å²) >= 11 is 0. The van der Waals surface area contributed by atoms with E-state index in [9.17, 15) is 8.78 Å². The third-order valence-corrected chi connectivity index (χ3v) is 8.18. The van der Waals surface area contributed by atoms with Crippen LogP contribution in [0.4, 0.5) is 8.78 Å². The number of halogens is 2. The van der Waals surface area contributed by atoms with E-state index in [1.54, 1.807) is 13.0 Å². The van der Waals surface area contributed by atoms with Crippen LogP contribution in [-0.4, -0.2) is 6.61 Å². The topological polar surface area (TPSA) is 9.23 Å². The second kappa shape index (κ2) is 13.2. The smallest absolute Gasteiger partial charge is 0.200 e. The number of rotatable bonds is 11. The molecule has 1 aliphatic rings. The Bertz CT molecular complexity index is 1130. The number of hydrogen-bond donors (Lipinski definition) is 0. The Morgan fingerprint density at radius 3 is 1.81 bits per heavy atom. The molecule has 0 aromatic heterocycles. The van der Waals surface area contributed by atoms with Crippen molar-refractivity contribution in [1.82, 2.24) is 0 Å². The van der Waals surface area contributed by atoms with Crippen LogP contribution in [0.15, 0.2) is 54.6 Å². The summed E-state index contributed by atoms with van der Waals surface area (Å²) in [7, 11) is 0. The second-order valence-corrected chi connectivity index (χ2v) is 10.8. The van der Waals surface area contributed by atoms with Crippen molar-refractivity contribution in [2.24, 2.45) is 5.92 Å². The van der Waals surface area contributed by atoms with E-state index in [1.807, 2.05) is 6.92 Å². The van der Waals surface area contributed by atoms with Crippen LogP contribution in [0.3, 0.4) is 0 Å². The summed E-state index contributed by atoms with van der Waals surface area (Å²) in [5, 5.41) is 0. The maximum Gasteiger partial charge on any atom is 0.200 e. The summed E-state index contributed by atoms with van der Waals surface area (Å²) < 4.78 is 34.1. The van der Waals surface area contributed by atoms with Crippen LogP contribution in [0.1, 0.15) is 91.7 Å². The summed E-state index contributed by atoms with van der Waals surface area (Å²) in [6, 6.07) is 19.5. The molecule has 3 heteroatoms. The Labute approximate surface area is 222 Å². The Morgan fingerprint density at radius 1 is 0.730 bits per heavy atom. The summed E-state index contributed by atoms with van der Waals surface area (Å²) in [5.74, 6) is 0.0219. The van der Waals surface area contributed by atoms with E-state index in [4.69, 9.17) is 4.74 Å². The average molecular weight is 505 g/mol. The molecule has 37 heavy (non-hydrogen) atoms. The first kappa shape index (κ1) is 27.4. The van der Waals surface area contributed by atoms with E-state index in [0.717, 1.165) is 35.8 Å². The zero-order valence-corrected chi connectivity index (χ0v) is 22.8. The van der Waals surface area contributed by atoms with Gasteiger partial charge in [-0.2, -0.15) is 4.39 Å². The molecule has 0 radical (unpaired) electrons. The molecule has 0 saturated heterocycles. The minimum Gasteiger partial charge on any atom is -0.491 e. The van der Waals surface area contributed by atoms with Crippen molar-refractivity contribution in [1.29, 1.82) is 0 Å². The molecule has 198 valence electrons. The molecular formula is C34H42F2O. The van der Waals surface area contributed by atoms with Crippen LogP contribution in [0, 0.1) is 24.5 Å². The predicted molar refractivity (Wildman–Crippen MR) is 150 cm³/mol. The van der Waals surface area contributed by atoms with Gasteiger partial charge in [-0.1, -0.05) is 68.3 Å². The molecule has 0 bridgehead atoms. The van der Waals surface area contributed by atoms with Gasteiger partial charge in [0.2, 0.25) is 5.82 Å². The van der Waals surface area contributed by atoms with Crippen molar-refractivity contribution in [3.63, 3.8) is 0 Å². The van der Waals surface area contributed by atoms with Crippen molar-refractivity contribution in [3.05, 3.63) is 99.6 Å². The van der Waals surface area contributed by atoms with Crippen LogP contribution in [0.25, 0.3) is 0 Å². The van der Waals surface area contributed by atoms with Crippen LogP contribution in [0.5, 0.6) is 5.75 Å². The summed E-state index contributed by atoms with van der Waals surface area (Å²) in [6.45, 7) is 6.19. The van der Waals surface area contributed by atoms with Crippen LogP contribution >= 0.6 is 0 Å². The second-order valence-electron chi connectivity index (χ2n) is 10.8. The molecule has 0 heterocycles. The van der Waals surface area contributed by atoms with E-state index in [0.29, 0.717) is 25.0 Å². The molecule has 0 spiro atoms. The molecule has 4 rings (SSSR count). The van der Waals surface area contributed by atoms with Gasteiger partial charge >= 0.3 is 0 Å². The highest BCUT2D eigenvalue weighted by Gasteiger charge is 2.21. The van der Waals surface area contributed by atoms with Crippen molar-refractivity contribution >= 4 is 0 Å². The minimum absolute atomic E-state index is 0.00483. The highest BCUT2D eigenvalue weighted by atomic mass is 19.2. The summed E-state index contributed by atoms with van der Waals surface area (Å²) in [5.41, 5.74) is 6.50. The van der Waals surface area contributed by atoms with Gasteiger partial charge in [0.25, 0.3) is 0 Å². The van der Waals surface area contributed by atoms with Gasteiger partial charge in [-0.15, -0.1) is 0 Å². The quantitative estimate of drug-likeness (QED) is 0.253. The monoisotopic (exact) mass is 504 g/mol. The highest BCUT2D eigenvalue weighted by Crippen LogP contribution is 2.37. The molecule has 1 aliphatic carbocycles. The molecule has 0 atom stereocenters. The van der Waals surface area contributed by atoms with Gasteiger partial charge in [0, 0.05) is 0 Å². The Hall–Kier alpha value is -2.68. The molecule has 0 unspecified atom stereocenters. The lowest BCUT2D eigenvalue weighted by molar-refractivity contribution is 0.308. The number of hydrogen-bond acceptors (Lipinski definition) is 1. The first-order chi connectivity index (χ1) is 18.0. The predicted octanol–water partition coefficient (Wildman–Crippen LogP) is 9.32. The molecule has 1 saturated carbocycles. The normalized spacial score (nSPS) is 17.6. The van der Waals surface area contributed by atoms with Gasteiger partial charge in [0.1, 0.15) is 0 Å². The van der Waals surface area contributed by atoms with Gasteiger partial charge in [-0.05, 0) is 116 Å². The van der Waals surface area contributed by atoms with Crippen molar-refractivity contribution in [2.45, 2.75) is 90.9 Å². The molecule has 0 aliphatic heterocycles. The van der Waals surface area contributed by atoms with Crippen molar-refractivity contribution < 1.29 is 13.5 Å². The fraction of sp³-hybridized carbons (Fsp3) is 0.471. The fourth-order valence-electron chi connectivity index (χ4n) is 5.91. The van der Waals surface area contributed by atoms with Crippen molar-refractivity contribution in [3.8, 4) is 5.75 Å². The lowest BCUT2D eigenvalue weighted by Crippen LogP contribution is -2.13. The Morgan fingerprint density at radius 2 is 1.27 bits per heavy atom. The van der Waals surface area contributed by atoms with Crippen molar-refractivity contribution in [2.75, 3.05) is 6.61 Å². The standard InChI is InChI=1S/C34H42F2O/c1-4-6-25-13-18-29(19-14-25)30-20-15-28(16-21-30)12-9-26-7-10-27(11-8-26)17-22-31-24(3)23-32(37-5-2)34(36)33(31)35/h7-8,10-11,15-16,20-21,23,25,29H,4-6,9,12-14,17-19,22H2,1-3H3. The van der Waals surface area contributed by atoms with E-state index < -0.39 is 11.6 Å². The maximum absolute atomic E-state index is 14.6. The molecule has 0 amide bonds. The number of benzene rings is 3. The fourth-order valence-corrected chi connectivity index (χ4v) is 5.91. The largest absolute Gasteiger partial charge is 0.491 e. The van der Waals surface area contributed by atoms with Crippen LogP contribution < -0.4 is 4.74 Å². The van der Waals surface area contributed by atoms with E-state index in [-0.39, 0.29) is 5.75 Å². The third kappa shape index (κ3) is 7.21. The van der Waals surface area contributed by atoms with E-state index >= 15 is 0 Å². The van der Waals surface area contributed by atoms with Gasteiger partial charge in [0.05, 0.1) is 6.61 Å². The maximum atomic E-state index is 14.6. The molecule has 3 aromatic rings. The van der Waals surface area contributed by atoms with Gasteiger partial charge < -0.3 is 4.74 Å². The molecule has 1 fully saturated rings. The number of ether oxygens (including phenoxy) is 1. The van der Waals surface area contributed by atoms with Gasteiger partial charge in [-0.25, -0.2) is 4.39 Å². The first-order valence-corrected chi connectivity index (χ1v) is 14.2. The average Bonchev–Trinajstić information content (AvgIpc) is 2.92. The summed E-state index contributed by atoms with van der Waals surface area (Å²) in [4.78, 5) is 0. The Kier molecular flexibility index (Phi) is 9.77. The third-order valence-electron chi connectivity index (χ3n) is 8.18. The molecule has 3 aromatic carbocycles. The zero-order chi connectivity index (χ0) is 26.2. The molecule has 0 N–H and O–H groups in total. The van der Waals surface area contributed by atoms with Gasteiger partial charge in [-0.3, -0.25) is 0 Å². The SMILES string of the molecule is CCCC1CCC(c2ccc(CCc3ccc(CCc4c(C)cc(OCC)c(F)c4F)cc3)cc2)CC1. The van der Waals surface area contributed by atoms with E-state index in [2.05, 4.69) is 55.5 Å². The lowest BCUT2D eigenvalue weighted by Gasteiger charge is -2.28. The van der Waals surface area contributed by atoms with Gasteiger partial charge in [0.15, 0.2) is 11.6 Å². The lowest BCUT2D eigenvalue weighted by atomic mass is 9.77. The molecule has 1 nitrogen and oxygen atoms in total.